The molecule has 1 spiro atoms. The number of halogens is 4. The molecule has 0 aromatic rings. The average Bonchev–Trinajstić information content (AvgIpc) is 1.07. The molecule has 0 radical (unpaired) electrons. The molecule has 588 valence electrons. The molecule has 104 heavy (non-hydrogen) atoms. The van der Waals surface area contributed by atoms with E-state index < -0.39 is 173 Å². The van der Waals surface area contributed by atoms with Crippen LogP contribution in [0.1, 0.15) is 221 Å². The first kappa shape index (κ1) is 85.0. The molecule has 3 unspecified atom stereocenters. The van der Waals surface area contributed by atoms with Gasteiger partial charge in [0.2, 0.25) is 70.9 Å². The molecule has 12 amide bonds. The highest BCUT2D eigenvalue weighted by molar-refractivity contribution is 6.21. The Kier molecular flexibility index (Phi) is 30.6. The molecule has 0 aromatic carbocycles. The van der Waals surface area contributed by atoms with E-state index in [1.54, 1.807) is 6.92 Å². The lowest BCUT2D eigenvalue weighted by molar-refractivity contribution is -0.182. The highest BCUT2D eigenvalue weighted by Gasteiger charge is 2.53. The van der Waals surface area contributed by atoms with Gasteiger partial charge in [0.05, 0.1) is 18.9 Å². The lowest BCUT2D eigenvalue weighted by atomic mass is 9.78. The summed E-state index contributed by atoms with van der Waals surface area (Å²) in [5.74, 6) is -10.6. The van der Waals surface area contributed by atoms with Gasteiger partial charge in [0, 0.05) is 75.4 Å². The molecule has 3 N–H and O–H groups in total. The van der Waals surface area contributed by atoms with Crippen molar-refractivity contribution in [3.05, 3.63) is 0 Å². The Morgan fingerprint density at radius 2 is 1.16 bits per heavy atom. The number of likely N-dealkylation sites (N-methyl/N-ethyl adjacent to an activating group) is 8. The van der Waals surface area contributed by atoms with Crippen molar-refractivity contribution in [3.63, 3.8) is 0 Å². The van der Waals surface area contributed by atoms with Crippen molar-refractivity contribution in [2.75, 3.05) is 76.5 Å². The predicted molar refractivity (Wildman–Crippen MR) is 388 cm³/mol. The number of rotatable bonds is 13. The number of nitrogens with one attached hydrogen (secondary N) is 3. The first-order valence-electron chi connectivity index (χ1n) is 38.9. The Morgan fingerprint density at radius 3 is 1.69 bits per heavy atom. The second-order valence-electron chi connectivity index (χ2n) is 32.7. The van der Waals surface area contributed by atoms with Crippen LogP contribution in [0.25, 0.3) is 0 Å². The van der Waals surface area contributed by atoms with E-state index in [1.807, 2.05) is 20.8 Å². The molecule has 13 atom stereocenters. The number of amides is 12. The van der Waals surface area contributed by atoms with Crippen molar-refractivity contribution < 1.29 is 70.7 Å². The highest BCUT2D eigenvalue weighted by atomic mass is 35.5. The third-order valence-corrected chi connectivity index (χ3v) is 25.3. The summed E-state index contributed by atoms with van der Waals surface area (Å²) in [6, 6.07) is -10.9. The summed E-state index contributed by atoms with van der Waals surface area (Å²) in [7, 11) is 13.2. The third kappa shape index (κ3) is 20.7. The van der Waals surface area contributed by atoms with Crippen molar-refractivity contribution in [1.82, 2.24) is 60.0 Å². The maximum atomic E-state index is 15.9. The molecular weight excluding hydrogens is 1370 g/mol. The average molecular weight is 1490 g/mol. The van der Waals surface area contributed by atoms with Crippen molar-refractivity contribution in [3.8, 4) is 0 Å². The van der Waals surface area contributed by atoms with E-state index >= 15 is 24.0 Å². The fraction of sp³-hybridized carbons (Fsp3) is 0.842. The molecule has 5 saturated carbocycles. The normalized spacial score (nSPS) is 30.8. The van der Waals surface area contributed by atoms with Crippen LogP contribution in [-0.2, 0) is 57.5 Å². The first-order valence-corrected chi connectivity index (χ1v) is 39.4. The van der Waals surface area contributed by atoms with Gasteiger partial charge < -0.3 is 60.0 Å². The van der Waals surface area contributed by atoms with Crippen LogP contribution < -0.4 is 16.0 Å². The molecule has 2 heterocycles. The van der Waals surface area contributed by atoms with E-state index in [9.17, 15) is 46.7 Å². The molecule has 28 heteroatoms. The van der Waals surface area contributed by atoms with Crippen molar-refractivity contribution in [1.29, 1.82) is 0 Å². The van der Waals surface area contributed by atoms with Crippen LogP contribution in [-0.4, -0.2) is 263 Å². The summed E-state index contributed by atoms with van der Waals surface area (Å²) in [5, 5.41) is 7.77. The molecule has 2 saturated heterocycles. The van der Waals surface area contributed by atoms with Gasteiger partial charge >= 0.3 is 6.18 Å². The van der Waals surface area contributed by atoms with E-state index in [0.717, 1.165) is 77.0 Å². The lowest BCUT2D eigenvalue weighted by Gasteiger charge is -2.45. The number of hydrogen-bond acceptors (Lipinski definition) is 12. The van der Waals surface area contributed by atoms with Gasteiger partial charge in [-0.05, 0) is 126 Å². The van der Waals surface area contributed by atoms with Gasteiger partial charge in [-0.3, -0.25) is 57.5 Å². The molecule has 0 aromatic heterocycles. The number of carbonyl (C=O) groups excluding carboxylic acids is 12. The van der Waals surface area contributed by atoms with E-state index in [1.165, 1.54) is 114 Å². The molecule has 7 fully saturated rings. The smallest absolute Gasteiger partial charge is 0.347 e. The number of nitrogens with zero attached hydrogens (tertiary/aromatic N) is 9. The molecule has 7 rings (SSSR count). The van der Waals surface area contributed by atoms with Crippen LogP contribution in [0.15, 0.2) is 0 Å². The van der Waals surface area contributed by atoms with Crippen LogP contribution >= 0.6 is 11.6 Å². The molecule has 0 bridgehead atoms. The van der Waals surface area contributed by atoms with Crippen molar-refractivity contribution in [2.24, 2.45) is 41.4 Å². The first-order chi connectivity index (χ1) is 48.9. The number of alkyl halides is 4. The zero-order chi connectivity index (χ0) is 77.0. The zero-order valence-corrected chi connectivity index (χ0v) is 65.4. The topological polar surface area (TPSA) is 270 Å². The minimum Gasteiger partial charge on any atom is -0.347 e. The Balaban J connectivity index is 1.31. The second-order valence-corrected chi connectivity index (χ2v) is 33.3. The molecule has 5 aliphatic carbocycles. The van der Waals surface area contributed by atoms with Crippen LogP contribution in [0, 0.1) is 41.4 Å². The second kappa shape index (κ2) is 37.5. The Bertz CT molecular complexity index is 3030. The quantitative estimate of drug-likeness (QED) is 0.151. The predicted octanol–water partition coefficient (Wildman–Crippen LogP) is 7.51. The lowest BCUT2D eigenvalue weighted by Crippen LogP contribution is -2.65. The SMILES string of the molecule is CC[C@H](C)[C@@H]1NC(=O)[C@H](CC(C)C)N(C)C(=O)C[C@@H](C(=O)N(C)C)N(C)C(=O)[C@H](C2CCCC2)N(C)C(=O)C2(CCCC2)NC(=O)[C@H](CC2CCCCC2)N(C)C(=O)[C@H](CCC2CCC(C(F)(F)F)C(Cl)C2)NC(=O)CN(C)C(=O)[C@H](CC2CCCCC2)N(C)C(=O)[C@@H]2CCN2C(=O)[C@H](C)N(C)C1=O. The summed E-state index contributed by atoms with van der Waals surface area (Å²) < 4.78 is 42.4. The van der Waals surface area contributed by atoms with E-state index in [-0.39, 0.29) is 101 Å². The zero-order valence-electron chi connectivity index (χ0n) is 64.7. The summed E-state index contributed by atoms with van der Waals surface area (Å²) in [6.07, 6.45) is 8.75. The van der Waals surface area contributed by atoms with Gasteiger partial charge in [-0.1, -0.05) is 124 Å². The van der Waals surface area contributed by atoms with Gasteiger partial charge in [-0.25, -0.2) is 0 Å². The van der Waals surface area contributed by atoms with Crippen LogP contribution in [0.3, 0.4) is 0 Å². The minimum absolute atomic E-state index is 0.00370. The largest absolute Gasteiger partial charge is 0.393 e. The minimum atomic E-state index is -4.52. The Hall–Kier alpha value is -6.28. The number of hydrogen-bond donors (Lipinski definition) is 3. The molecule has 7 aliphatic rings. The van der Waals surface area contributed by atoms with Gasteiger partial charge in [-0.15, -0.1) is 11.6 Å². The monoisotopic (exact) mass is 1490 g/mol. The van der Waals surface area contributed by atoms with Gasteiger partial charge in [-0.2, -0.15) is 13.2 Å². The van der Waals surface area contributed by atoms with Gasteiger partial charge in [0.25, 0.3) is 0 Å². The fourth-order valence-electron chi connectivity index (χ4n) is 17.6. The Labute approximate surface area is 620 Å². The van der Waals surface area contributed by atoms with Crippen LogP contribution in [0.4, 0.5) is 13.2 Å². The van der Waals surface area contributed by atoms with Crippen LogP contribution in [0.2, 0.25) is 0 Å². The van der Waals surface area contributed by atoms with Crippen LogP contribution in [0.5, 0.6) is 0 Å². The fourth-order valence-corrected chi connectivity index (χ4v) is 18.1. The number of carbonyl (C=O) groups is 12. The third-order valence-electron chi connectivity index (χ3n) is 24.8. The van der Waals surface area contributed by atoms with Gasteiger partial charge in [0.1, 0.15) is 59.9 Å². The summed E-state index contributed by atoms with van der Waals surface area (Å²) >= 11 is 6.47. The molecule has 24 nitrogen and oxygen atoms in total. The van der Waals surface area contributed by atoms with Crippen molar-refractivity contribution >= 4 is 82.5 Å². The maximum absolute atomic E-state index is 15.9. The molecule has 2 aliphatic heterocycles. The standard InChI is InChI=1S/C76H124ClF3N12O12/c1-15-47(4)63-72(102)86(9)48(5)67(97)92-39-36-56(92)71(101)89(12)59(43-50-28-20-17-21-29-50)70(100)85(8)45-61(93)81-55(35-33-51-32-34-53(54(77)41-51)76(78,79)80)68(98)88(11)58(42-49-26-18-16-19-27-49)66(96)83-75(37-24-25-38-75)74(104)91(14)64(52-30-22-23-31-52)73(103)90(13)60(69(99)84(6)7)44-62(94)87(10)57(40-46(2)3)65(95)82-63/h46-60,63-64H,15-45H2,1-14H3,(H,81,93)(H,82,95)(H,83,96)/t47-,48-,51?,53?,54?,55-,56-,57-,58-,59-,60-,63-,64-/m0/s1. The van der Waals surface area contributed by atoms with E-state index in [2.05, 4.69) is 16.0 Å². The summed E-state index contributed by atoms with van der Waals surface area (Å²) in [6.45, 7) is 8.46. The van der Waals surface area contributed by atoms with Crippen molar-refractivity contribution in [2.45, 2.75) is 292 Å². The maximum Gasteiger partial charge on any atom is 0.393 e. The summed E-state index contributed by atoms with van der Waals surface area (Å²) in [4.78, 5) is 193. The van der Waals surface area contributed by atoms with E-state index in [0.29, 0.717) is 32.1 Å². The van der Waals surface area contributed by atoms with E-state index in [4.69, 9.17) is 11.6 Å². The number of fused-ring (bicyclic) bond motifs is 1. The Morgan fingerprint density at radius 1 is 0.596 bits per heavy atom. The summed E-state index contributed by atoms with van der Waals surface area (Å²) in [5.41, 5.74) is -1.58. The highest BCUT2D eigenvalue weighted by Crippen LogP contribution is 2.44. The van der Waals surface area contributed by atoms with Gasteiger partial charge in [0.15, 0.2) is 0 Å². The molecular formula is C76H124ClF3N12O12.